The second-order valence-corrected chi connectivity index (χ2v) is 5.98. The van der Waals surface area contributed by atoms with Gasteiger partial charge in [0.15, 0.2) is 11.5 Å². The number of benzene rings is 1. The second-order valence-electron chi connectivity index (χ2n) is 4.92. The topological polar surface area (TPSA) is 116 Å². The first-order valence-corrected chi connectivity index (χ1v) is 8.44. The van der Waals surface area contributed by atoms with Crippen molar-refractivity contribution in [2.45, 2.75) is 26.7 Å². The lowest BCUT2D eigenvalue weighted by Crippen LogP contribution is -2.14. The summed E-state index contributed by atoms with van der Waals surface area (Å²) in [5.74, 6) is -0.217. The predicted octanol–water partition coefficient (Wildman–Crippen LogP) is 3.06. The molecule has 2 aromatic rings. The molecule has 0 spiro atoms. The molecule has 1 N–H and O–H groups in total. The number of methoxy groups -OCH3 is 1. The Balaban J connectivity index is 2.35. The molecule has 1 aromatic carbocycles. The van der Waals surface area contributed by atoms with E-state index in [1.807, 2.05) is 6.92 Å². The molecule has 1 amide bonds. The van der Waals surface area contributed by atoms with E-state index in [-0.39, 0.29) is 27.9 Å². The Hall–Kier alpha value is -2.75. The first kappa shape index (κ1) is 18.6. The molecule has 134 valence electrons. The molecule has 0 saturated heterocycles. The lowest BCUT2D eigenvalue weighted by atomic mass is 10.1. The van der Waals surface area contributed by atoms with Crippen LogP contribution in [0.5, 0.6) is 11.5 Å². The molecule has 0 atom stereocenters. The molecule has 9 nitrogen and oxygen atoms in total. The highest BCUT2D eigenvalue weighted by molar-refractivity contribution is 7.15. The summed E-state index contributed by atoms with van der Waals surface area (Å²) in [6.07, 6.45) is 1.66. The number of hydrogen-bond donors (Lipinski definition) is 1. The van der Waals surface area contributed by atoms with Crippen LogP contribution in [-0.4, -0.2) is 34.7 Å². The van der Waals surface area contributed by atoms with Crippen molar-refractivity contribution >= 4 is 28.1 Å². The molecule has 0 radical (unpaired) electrons. The summed E-state index contributed by atoms with van der Waals surface area (Å²) in [5, 5.41) is 22.8. The molecular weight excluding hydrogens is 348 g/mol. The van der Waals surface area contributed by atoms with Gasteiger partial charge in [0.1, 0.15) is 10.6 Å². The highest BCUT2D eigenvalue weighted by atomic mass is 32.1. The Morgan fingerprint density at radius 3 is 2.68 bits per heavy atom. The largest absolute Gasteiger partial charge is 0.493 e. The normalized spacial score (nSPS) is 10.4. The zero-order valence-corrected chi connectivity index (χ0v) is 14.9. The van der Waals surface area contributed by atoms with Crippen molar-refractivity contribution in [3.8, 4) is 11.5 Å². The lowest BCUT2D eigenvalue weighted by molar-refractivity contribution is -0.385. The predicted molar refractivity (Wildman–Crippen MR) is 92.7 cm³/mol. The van der Waals surface area contributed by atoms with E-state index in [0.29, 0.717) is 6.61 Å². The van der Waals surface area contributed by atoms with Crippen LogP contribution < -0.4 is 14.8 Å². The standard InChI is InChI=1S/C15H18N4O5S/c1-4-6-13-17-18-15(25-13)16-14(20)9-7-12(24-5-2)11(23-3)8-10(9)19(21)22/h7-8H,4-6H2,1-3H3,(H,16,18,20). The molecule has 2 rings (SSSR count). The number of ether oxygens (including phenoxy) is 2. The fourth-order valence-electron chi connectivity index (χ4n) is 2.09. The number of aromatic nitrogens is 2. The molecule has 25 heavy (non-hydrogen) atoms. The van der Waals surface area contributed by atoms with Crippen molar-refractivity contribution in [1.29, 1.82) is 0 Å². The third kappa shape index (κ3) is 4.41. The van der Waals surface area contributed by atoms with Crippen LogP contribution >= 0.6 is 11.3 Å². The van der Waals surface area contributed by atoms with Gasteiger partial charge in [0.25, 0.3) is 11.6 Å². The molecule has 0 saturated carbocycles. The molecule has 1 aromatic heterocycles. The molecule has 0 aliphatic rings. The van der Waals surface area contributed by atoms with Gasteiger partial charge < -0.3 is 9.47 Å². The van der Waals surface area contributed by atoms with Crippen LogP contribution in [0.1, 0.15) is 35.6 Å². The van der Waals surface area contributed by atoms with Gasteiger partial charge in [0.2, 0.25) is 5.13 Å². The zero-order chi connectivity index (χ0) is 18.4. The van der Waals surface area contributed by atoms with Gasteiger partial charge in [-0.1, -0.05) is 18.3 Å². The second kappa shape index (κ2) is 8.38. The van der Waals surface area contributed by atoms with Crippen LogP contribution in [0.15, 0.2) is 12.1 Å². The van der Waals surface area contributed by atoms with Crippen LogP contribution in [0.3, 0.4) is 0 Å². The Bertz CT molecular complexity index is 777. The van der Waals surface area contributed by atoms with Gasteiger partial charge in [0, 0.05) is 12.5 Å². The van der Waals surface area contributed by atoms with Gasteiger partial charge in [-0.15, -0.1) is 10.2 Å². The molecular formula is C15H18N4O5S. The van der Waals surface area contributed by atoms with Crippen LogP contribution in [0.25, 0.3) is 0 Å². The van der Waals surface area contributed by atoms with Gasteiger partial charge in [-0.25, -0.2) is 0 Å². The maximum Gasteiger partial charge on any atom is 0.286 e. The maximum absolute atomic E-state index is 12.5. The number of aryl methyl sites for hydroxylation is 1. The average molecular weight is 366 g/mol. The number of nitrogens with one attached hydrogen (secondary N) is 1. The van der Waals surface area contributed by atoms with Gasteiger partial charge in [-0.3, -0.25) is 20.2 Å². The number of amides is 1. The molecule has 0 aliphatic heterocycles. The van der Waals surface area contributed by atoms with Crippen LogP contribution in [0, 0.1) is 10.1 Å². The smallest absolute Gasteiger partial charge is 0.286 e. The summed E-state index contributed by atoms with van der Waals surface area (Å²) in [7, 11) is 1.37. The van der Waals surface area contributed by atoms with Crippen molar-refractivity contribution in [3.05, 3.63) is 32.8 Å². The number of carbonyl (C=O) groups is 1. The van der Waals surface area contributed by atoms with Gasteiger partial charge in [0.05, 0.1) is 24.7 Å². The molecule has 0 aliphatic carbocycles. The first-order chi connectivity index (χ1) is 12.0. The van der Waals surface area contributed by atoms with Crippen molar-refractivity contribution in [2.75, 3.05) is 19.0 Å². The van der Waals surface area contributed by atoms with E-state index in [2.05, 4.69) is 15.5 Å². The highest BCUT2D eigenvalue weighted by Crippen LogP contribution is 2.35. The van der Waals surface area contributed by atoms with E-state index in [1.54, 1.807) is 6.92 Å². The number of carbonyl (C=O) groups excluding carboxylic acids is 1. The maximum atomic E-state index is 12.5. The number of rotatable bonds is 8. The van der Waals surface area contributed by atoms with Crippen molar-refractivity contribution < 1.29 is 19.2 Å². The van der Waals surface area contributed by atoms with Gasteiger partial charge in [-0.2, -0.15) is 0 Å². The van der Waals surface area contributed by atoms with Crippen molar-refractivity contribution in [1.82, 2.24) is 10.2 Å². The van der Waals surface area contributed by atoms with E-state index >= 15 is 0 Å². The number of hydrogen-bond acceptors (Lipinski definition) is 8. The highest BCUT2D eigenvalue weighted by Gasteiger charge is 2.25. The summed E-state index contributed by atoms with van der Waals surface area (Å²) < 4.78 is 10.5. The third-order valence-corrected chi connectivity index (χ3v) is 4.07. The van der Waals surface area contributed by atoms with E-state index in [4.69, 9.17) is 9.47 Å². The number of nitro benzene ring substituents is 1. The first-order valence-electron chi connectivity index (χ1n) is 7.63. The van der Waals surface area contributed by atoms with Crippen LogP contribution in [0.4, 0.5) is 10.8 Å². The summed E-state index contributed by atoms with van der Waals surface area (Å²) in [6, 6.07) is 2.46. The summed E-state index contributed by atoms with van der Waals surface area (Å²) in [6.45, 7) is 4.10. The Morgan fingerprint density at radius 1 is 1.32 bits per heavy atom. The molecule has 10 heteroatoms. The number of nitro groups is 1. The van der Waals surface area contributed by atoms with Gasteiger partial charge in [-0.05, 0) is 13.3 Å². The third-order valence-electron chi connectivity index (χ3n) is 3.17. The lowest BCUT2D eigenvalue weighted by Gasteiger charge is -2.11. The van der Waals surface area contributed by atoms with Crippen LogP contribution in [0.2, 0.25) is 0 Å². The van der Waals surface area contributed by atoms with Gasteiger partial charge >= 0.3 is 0 Å². The van der Waals surface area contributed by atoms with Crippen LogP contribution in [-0.2, 0) is 6.42 Å². The minimum atomic E-state index is -0.658. The molecule has 1 heterocycles. The summed E-state index contributed by atoms with van der Waals surface area (Å²) in [4.78, 5) is 23.2. The molecule has 0 fully saturated rings. The Morgan fingerprint density at radius 2 is 2.08 bits per heavy atom. The summed E-state index contributed by atoms with van der Waals surface area (Å²) >= 11 is 1.24. The monoisotopic (exact) mass is 366 g/mol. The Labute approximate surface area is 148 Å². The quantitative estimate of drug-likeness (QED) is 0.563. The minimum Gasteiger partial charge on any atom is -0.493 e. The van der Waals surface area contributed by atoms with Crippen molar-refractivity contribution in [2.24, 2.45) is 0 Å². The fraction of sp³-hybridized carbons (Fsp3) is 0.400. The number of nitrogens with zero attached hydrogens (tertiary/aromatic N) is 3. The molecule has 0 bridgehead atoms. The Kier molecular flexibility index (Phi) is 6.23. The number of anilines is 1. The van der Waals surface area contributed by atoms with Crippen molar-refractivity contribution in [3.63, 3.8) is 0 Å². The zero-order valence-electron chi connectivity index (χ0n) is 14.1. The summed E-state index contributed by atoms with van der Waals surface area (Å²) in [5.41, 5.74) is -0.516. The fourth-order valence-corrected chi connectivity index (χ4v) is 2.93. The van der Waals surface area contributed by atoms with E-state index < -0.39 is 10.8 Å². The average Bonchev–Trinajstić information content (AvgIpc) is 3.02. The minimum absolute atomic E-state index is 0.138. The molecule has 0 unspecified atom stereocenters. The van der Waals surface area contributed by atoms with E-state index in [1.165, 1.54) is 30.6 Å². The van der Waals surface area contributed by atoms with E-state index in [9.17, 15) is 14.9 Å². The SMILES string of the molecule is CCCc1nnc(NC(=O)c2cc(OCC)c(OC)cc2[N+](=O)[O-])s1. The van der Waals surface area contributed by atoms with E-state index in [0.717, 1.165) is 17.8 Å².